The van der Waals surface area contributed by atoms with Crippen LogP contribution in [0.5, 0.6) is 0 Å². The van der Waals surface area contributed by atoms with Crippen LogP contribution in [0.15, 0.2) is 64.9 Å². The predicted molar refractivity (Wildman–Crippen MR) is 111 cm³/mol. The number of amides is 1. The van der Waals surface area contributed by atoms with E-state index in [4.69, 9.17) is 0 Å². The first-order valence-corrected chi connectivity index (χ1v) is 11.1. The molecule has 1 atom stereocenters. The molecule has 0 saturated carbocycles. The molecular formula is C20H21N3O3S2. The summed E-state index contributed by atoms with van der Waals surface area (Å²) in [6.07, 6.45) is 0.224. The summed E-state index contributed by atoms with van der Waals surface area (Å²) in [5, 5.41) is 4.97. The quantitative estimate of drug-likeness (QED) is 0.620. The summed E-state index contributed by atoms with van der Waals surface area (Å²) in [7, 11) is -3.86. The Labute approximate surface area is 168 Å². The number of nitrogens with zero attached hydrogens (tertiary/aromatic N) is 1. The summed E-state index contributed by atoms with van der Waals surface area (Å²) >= 11 is 1.30. The van der Waals surface area contributed by atoms with Gasteiger partial charge in [-0.2, -0.15) is 4.72 Å². The van der Waals surface area contributed by atoms with Gasteiger partial charge in [0, 0.05) is 5.38 Å². The van der Waals surface area contributed by atoms with Crippen LogP contribution in [0, 0.1) is 13.8 Å². The molecular weight excluding hydrogens is 394 g/mol. The van der Waals surface area contributed by atoms with E-state index in [9.17, 15) is 13.2 Å². The number of anilines is 1. The van der Waals surface area contributed by atoms with Crippen molar-refractivity contribution in [2.45, 2.75) is 31.2 Å². The fourth-order valence-corrected chi connectivity index (χ4v) is 4.50. The average molecular weight is 416 g/mol. The lowest BCUT2D eigenvalue weighted by molar-refractivity contribution is -0.117. The van der Waals surface area contributed by atoms with Crippen LogP contribution in [0.2, 0.25) is 0 Å². The summed E-state index contributed by atoms with van der Waals surface area (Å²) in [6.45, 7) is 3.71. The number of sulfonamides is 1. The Bertz CT molecular complexity index is 1050. The highest BCUT2D eigenvalue weighted by Gasteiger charge is 2.26. The van der Waals surface area contributed by atoms with Crippen molar-refractivity contribution in [1.82, 2.24) is 9.71 Å². The molecule has 0 unspecified atom stereocenters. The first-order valence-electron chi connectivity index (χ1n) is 8.69. The molecule has 8 heteroatoms. The zero-order chi connectivity index (χ0) is 20.1. The third-order valence-electron chi connectivity index (χ3n) is 4.08. The summed E-state index contributed by atoms with van der Waals surface area (Å²) < 4.78 is 28.1. The average Bonchev–Trinajstić information content (AvgIpc) is 3.07. The van der Waals surface area contributed by atoms with Gasteiger partial charge in [0.15, 0.2) is 5.13 Å². The SMILES string of the molecule is Cc1ccc(S(=O)(=O)N[C@@H](Cc2ccccc2)C(=O)Nc2nc(C)cs2)cc1. The van der Waals surface area contributed by atoms with E-state index in [0.717, 1.165) is 16.8 Å². The van der Waals surface area contributed by atoms with Crippen molar-refractivity contribution in [3.05, 3.63) is 76.8 Å². The van der Waals surface area contributed by atoms with Crippen molar-refractivity contribution in [3.8, 4) is 0 Å². The molecule has 0 aliphatic carbocycles. The van der Waals surface area contributed by atoms with Crippen molar-refractivity contribution < 1.29 is 13.2 Å². The third-order valence-corrected chi connectivity index (χ3v) is 6.44. The van der Waals surface area contributed by atoms with Gasteiger partial charge in [-0.1, -0.05) is 48.0 Å². The van der Waals surface area contributed by atoms with Crippen LogP contribution in [0.4, 0.5) is 5.13 Å². The molecule has 146 valence electrons. The number of rotatable bonds is 7. The highest BCUT2D eigenvalue weighted by molar-refractivity contribution is 7.89. The second kappa shape index (κ2) is 8.64. The van der Waals surface area contributed by atoms with E-state index in [0.29, 0.717) is 5.13 Å². The van der Waals surface area contributed by atoms with Crippen molar-refractivity contribution in [2.24, 2.45) is 0 Å². The minimum absolute atomic E-state index is 0.119. The summed E-state index contributed by atoms with van der Waals surface area (Å²) in [5.41, 5.74) is 2.60. The van der Waals surface area contributed by atoms with Gasteiger partial charge < -0.3 is 5.32 Å². The van der Waals surface area contributed by atoms with E-state index in [1.54, 1.807) is 12.1 Å². The Morgan fingerprint density at radius 3 is 2.36 bits per heavy atom. The van der Waals surface area contributed by atoms with Crippen LogP contribution in [-0.2, 0) is 21.2 Å². The van der Waals surface area contributed by atoms with Crippen LogP contribution >= 0.6 is 11.3 Å². The van der Waals surface area contributed by atoms with Gasteiger partial charge in [0.1, 0.15) is 6.04 Å². The fraction of sp³-hybridized carbons (Fsp3) is 0.200. The van der Waals surface area contributed by atoms with Gasteiger partial charge in [0.05, 0.1) is 10.6 Å². The highest BCUT2D eigenvalue weighted by Crippen LogP contribution is 2.17. The Balaban J connectivity index is 1.84. The van der Waals surface area contributed by atoms with E-state index in [-0.39, 0.29) is 11.3 Å². The predicted octanol–water partition coefficient (Wildman–Crippen LogP) is 3.29. The molecule has 3 rings (SSSR count). The van der Waals surface area contributed by atoms with Crippen LogP contribution in [0.3, 0.4) is 0 Å². The van der Waals surface area contributed by atoms with E-state index in [1.165, 1.54) is 23.5 Å². The molecule has 1 amide bonds. The van der Waals surface area contributed by atoms with Crippen molar-refractivity contribution in [1.29, 1.82) is 0 Å². The molecule has 0 aliphatic rings. The van der Waals surface area contributed by atoms with Crippen LogP contribution < -0.4 is 10.0 Å². The van der Waals surface area contributed by atoms with Gasteiger partial charge in [0.2, 0.25) is 15.9 Å². The third kappa shape index (κ3) is 5.25. The molecule has 28 heavy (non-hydrogen) atoms. The molecule has 0 bridgehead atoms. The second-order valence-electron chi connectivity index (χ2n) is 6.46. The number of carbonyl (C=O) groups is 1. The summed E-state index contributed by atoms with van der Waals surface area (Å²) in [5.74, 6) is -0.450. The largest absolute Gasteiger partial charge is 0.301 e. The number of hydrogen-bond acceptors (Lipinski definition) is 5. The summed E-state index contributed by atoms with van der Waals surface area (Å²) in [4.78, 5) is 17.2. The lowest BCUT2D eigenvalue weighted by Gasteiger charge is -2.18. The maximum atomic E-state index is 12.8. The van der Waals surface area contributed by atoms with Crippen molar-refractivity contribution >= 4 is 32.4 Å². The van der Waals surface area contributed by atoms with Crippen LogP contribution in [-0.4, -0.2) is 25.4 Å². The van der Waals surface area contributed by atoms with Crippen LogP contribution in [0.25, 0.3) is 0 Å². The number of hydrogen-bond donors (Lipinski definition) is 2. The number of aromatic nitrogens is 1. The van der Waals surface area contributed by atoms with Crippen molar-refractivity contribution in [2.75, 3.05) is 5.32 Å². The fourth-order valence-electron chi connectivity index (χ4n) is 2.61. The smallest absolute Gasteiger partial charge is 0.244 e. The van der Waals surface area contributed by atoms with Gasteiger partial charge in [-0.05, 0) is 38.0 Å². The zero-order valence-electron chi connectivity index (χ0n) is 15.5. The molecule has 3 aromatic rings. The zero-order valence-corrected chi connectivity index (χ0v) is 17.2. The number of thiazole rings is 1. The van der Waals surface area contributed by atoms with Gasteiger partial charge in [-0.15, -0.1) is 11.3 Å². The maximum Gasteiger partial charge on any atom is 0.244 e. The highest BCUT2D eigenvalue weighted by atomic mass is 32.2. The van der Waals surface area contributed by atoms with Gasteiger partial charge >= 0.3 is 0 Å². The minimum Gasteiger partial charge on any atom is -0.301 e. The second-order valence-corrected chi connectivity index (χ2v) is 9.03. The first-order chi connectivity index (χ1) is 13.3. The van der Waals surface area contributed by atoms with Gasteiger partial charge in [-0.3, -0.25) is 4.79 Å². The Kier molecular flexibility index (Phi) is 6.23. The first kappa shape index (κ1) is 20.2. The molecule has 0 saturated heterocycles. The molecule has 0 aliphatic heterocycles. The molecule has 1 aromatic heterocycles. The monoisotopic (exact) mass is 415 g/mol. The summed E-state index contributed by atoms with van der Waals surface area (Å²) in [6, 6.07) is 14.8. The molecule has 6 nitrogen and oxygen atoms in total. The van der Waals surface area contributed by atoms with Crippen LogP contribution in [0.1, 0.15) is 16.8 Å². The molecule has 0 radical (unpaired) electrons. The number of nitrogens with one attached hydrogen (secondary N) is 2. The molecule has 1 heterocycles. The molecule has 0 spiro atoms. The Morgan fingerprint density at radius 1 is 1.07 bits per heavy atom. The lowest BCUT2D eigenvalue weighted by atomic mass is 10.1. The topological polar surface area (TPSA) is 88.2 Å². The van der Waals surface area contributed by atoms with E-state index in [1.807, 2.05) is 49.6 Å². The number of benzene rings is 2. The Hall–Kier alpha value is -2.55. The number of aryl methyl sites for hydroxylation is 2. The number of carbonyl (C=O) groups excluding carboxylic acids is 1. The van der Waals surface area contributed by atoms with E-state index >= 15 is 0 Å². The van der Waals surface area contributed by atoms with Crippen molar-refractivity contribution in [3.63, 3.8) is 0 Å². The van der Waals surface area contributed by atoms with E-state index in [2.05, 4.69) is 15.0 Å². The lowest BCUT2D eigenvalue weighted by Crippen LogP contribution is -2.45. The van der Waals surface area contributed by atoms with E-state index < -0.39 is 22.0 Å². The molecule has 2 aromatic carbocycles. The molecule has 0 fully saturated rings. The van der Waals surface area contributed by atoms with Gasteiger partial charge in [-0.25, -0.2) is 13.4 Å². The maximum absolute atomic E-state index is 12.8. The van der Waals surface area contributed by atoms with Gasteiger partial charge in [0.25, 0.3) is 0 Å². The Morgan fingerprint density at radius 2 is 1.75 bits per heavy atom. The minimum atomic E-state index is -3.86. The molecule has 2 N–H and O–H groups in total. The standard InChI is InChI=1S/C20H21N3O3S2/c1-14-8-10-17(11-9-14)28(25,26)23-18(12-16-6-4-3-5-7-16)19(24)22-20-21-15(2)13-27-20/h3-11,13,18,23H,12H2,1-2H3,(H,21,22,24)/t18-/m0/s1. The normalized spacial score (nSPS) is 12.5.